The average molecular weight is 959 g/mol. The van der Waals surface area contributed by atoms with Crippen LogP contribution >= 0.6 is 0 Å². The molecule has 3 aromatic heterocycles. The predicted octanol–water partition coefficient (Wildman–Crippen LogP) is 18.8. The number of fused-ring (bicyclic) bond motifs is 9. The van der Waals surface area contributed by atoms with Gasteiger partial charge in [-0.1, -0.05) is 180 Å². The molecule has 0 unspecified atom stereocenters. The van der Waals surface area contributed by atoms with E-state index in [9.17, 15) is 5.26 Å². The minimum atomic E-state index is 0.600. The second kappa shape index (κ2) is 17.2. The molecule has 0 N–H and O–H groups in total. The Morgan fingerprint density at radius 3 is 0.840 bits per heavy atom. The van der Waals surface area contributed by atoms with Crippen LogP contribution in [0.15, 0.2) is 231 Å². The van der Waals surface area contributed by atoms with Crippen LogP contribution in [0.1, 0.15) is 27.8 Å². The van der Waals surface area contributed by atoms with E-state index in [0.717, 1.165) is 127 Å². The lowest BCUT2D eigenvalue weighted by atomic mass is 9.87. The summed E-state index contributed by atoms with van der Waals surface area (Å²) in [4.78, 5) is 0. The first-order valence-electron chi connectivity index (χ1n) is 25.8. The molecule has 0 bridgehead atoms. The summed E-state index contributed by atoms with van der Waals surface area (Å²) in [6, 6.07) is 86.9. The Hall–Kier alpha value is -9.69. The van der Waals surface area contributed by atoms with Gasteiger partial charge in [-0.15, -0.1) is 0 Å². The summed E-state index contributed by atoms with van der Waals surface area (Å²) >= 11 is 0. The molecule has 14 aromatic rings. The summed E-state index contributed by atoms with van der Waals surface area (Å²) in [5.41, 5.74) is 22.7. The maximum atomic E-state index is 12.3. The zero-order chi connectivity index (χ0) is 50.5. The fourth-order valence-electron chi connectivity index (χ4n) is 12.1. The third kappa shape index (κ3) is 6.89. The van der Waals surface area contributed by atoms with E-state index in [1.165, 1.54) is 22.3 Å². The van der Waals surface area contributed by atoms with Crippen molar-refractivity contribution in [1.29, 1.82) is 5.26 Å². The Morgan fingerprint density at radius 2 is 0.533 bits per heavy atom. The molecule has 0 amide bonds. The number of nitriles is 1. The molecule has 11 aromatic carbocycles. The van der Waals surface area contributed by atoms with E-state index in [2.05, 4.69) is 278 Å². The van der Waals surface area contributed by atoms with Crippen LogP contribution in [-0.2, 0) is 0 Å². The lowest BCUT2D eigenvalue weighted by Crippen LogP contribution is -2.14. The summed E-state index contributed by atoms with van der Waals surface area (Å²) < 4.78 is 7.51. The molecule has 0 spiro atoms. The summed E-state index contributed by atoms with van der Waals surface area (Å²) in [5.74, 6) is 0. The molecule has 75 heavy (non-hydrogen) atoms. The summed E-state index contributed by atoms with van der Waals surface area (Å²) in [5, 5.41) is 19.3. The summed E-state index contributed by atoms with van der Waals surface area (Å²) in [6.07, 6.45) is 0. The molecule has 4 heteroatoms. The van der Waals surface area contributed by atoms with E-state index in [0.29, 0.717) is 5.56 Å². The Balaban J connectivity index is 1.31. The topological polar surface area (TPSA) is 38.6 Å². The summed E-state index contributed by atoms with van der Waals surface area (Å²) in [6.45, 7) is 8.71. The lowest BCUT2D eigenvalue weighted by Gasteiger charge is -2.29. The molecule has 3 heterocycles. The van der Waals surface area contributed by atoms with Crippen molar-refractivity contribution in [2.45, 2.75) is 27.7 Å². The van der Waals surface area contributed by atoms with E-state index in [-0.39, 0.29) is 0 Å². The molecule has 14 rings (SSSR count). The molecule has 0 saturated carbocycles. The molecule has 0 atom stereocenters. The van der Waals surface area contributed by atoms with Crippen molar-refractivity contribution in [3.63, 3.8) is 0 Å². The zero-order valence-corrected chi connectivity index (χ0v) is 42.2. The van der Waals surface area contributed by atoms with Gasteiger partial charge in [0, 0.05) is 43.4 Å². The van der Waals surface area contributed by atoms with E-state index in [1.807, 2.05) is 0 Å². The highest BCUT2D eigenvalue weighted by molar-refractivity contribution is 6.17. The van der Waals surface area contributed by atoms with E-state index >= 15 is 0 Å². The van der Waals surface area contributed by atoms with Gasteiger partial charge in [0.05, 0.1) is 55.7 Å². The normalized spacial score (nSPS) is 11.7. The van der Waals surface area contributed by atoms with Crippen LogP contribution in [0.3, 0.4) is 0 Å². The third-order valence-corrected chi connectivity index (χ3v) is 15.5. The van der Waals surface area contributed by atoms with Gasteiger partial charge in [0.15, 0.2) is 0 Å². The highest BCUT2D eigenvalue weighted by Gasteiger charge is 2.34. The Labute approximate surface area is 435 Å². The minimum Gasteiger partial charge on any atom is -0.306 e. The van der Waals surface area contributed by atoms with Crippen molar-refractivity contribution in [3.8, 4) is 67.6 Å². The Bertz CT molecular complexity index is 4260. The Kier molecular flexibility index (Phi) is 10.1. The highest BCUT2D eigenvalue weighted by Crippen LogP contribution is 2.52. The van der Waals surface area contributed by atoms with Crippen LogP contribution in [0.5, 0.6) is 0 Å². The average Bonchev–Trinajstić information content (AvgIpc) is 4.07. The molecular formula is C71H50N4. The molecule has 0 saturated heterocycles. The number of aromatic nitrogens is 3. The van der Waals surface area contributed by atoms with Crippen LogP contribution in [0.25, 0.3) is 127 Å². The molecule has 0 aliphatic rings. The molecule has 0 aliphatic heterocycles. The first kappa shape index (κ1) is 44.0. The first-order chi connectivity index (χ1) is 36.8. The van der Waals surface area contributed by atoms with Crippen LogP contribution in [0, 0.1) is 39.0 Å². The number of aryl methyl sites for hydroxylation is 4. The highest BCUT2D eigenvalue weighted by atomic mass is 15.1. The number of hydrogen-bond donors (Lipinski definition) is 0. The minimum absolute atomic E-state index is 0.600. The standard InChI is InChI=1S/C71H50N4/c1-44-25-31-61-54(37-44)55-38-45(2)26-32-62(55)73(61)69-67(50-21-13-7-14-22-50)60(43-72)68(51-23-15-8-16-24-51)70(74-63-33-27-46(3)39-56(63)57-40-47(4)28-34-64(57)74)71(69)75-65-35-29-52(48-17-9-5-10-18-48)41-58(65)59-42-53(30-36-66(59)75)49-19-11-6-12-20-49/h5-42H,1-4H3. The van der Waals surface area contributed by atoms with Crippen molar-refractivity contribution in [2.24, 2.45) is 0 Å². The third-order valence-electron chi connectivity index (χ3n) is 15.5. The predicted molar refractivity (Wildman–Crippen MR) is 315 cm³/mol. The summed E-state index contributed by atoms with van der Waals surface area (Å²) in [7, 11) is 0. The van der Waals surface area contributed by atoms with Gasteiger partial charge in [0.25, 0.3) is 0 Å². The molecule has 0 aliphatic carbocycles. The number of hydrogen-bond acceptors (Lipinski definition) is 1. The van der Waals surface area contributed by atoms with Crippen LogP contribution < -0.4 is 0 Å². The van der Waals surface area contributed by atoms with Crippen LogP contribution in [-0.4, -0.2) is 13.7 Å². The zero-order valence-electron chi connectivity index (χ0n) is 42.2. The second-order valence-electron chi connectivity index (χ2n) is 20.3. The number of rotatable bonds is 7. The van der Waals surface area contributed by atoms with Gasteiger partial charge in [-0.2, -0.15) is 5.26 Å². The van der Waals surface area contributed by atoms with Crippen LogP contribution in [0.2, 0.25) is 0 Å². The van der Waals surface area contributed by atoms with Gasteiger partial charge in [0.2, 0.25) is 0 Å². The van der Waals surface area contributed by atoms with Gasteiger partial charge < -0.3 is 13.7 Å². The monoisotopic (exact) mass is 958 g/mol. The SMILES string of the molecule is Cc1ccc2c(c1)c1cc(C)ccc1n2-c1c(-c2ccccc2)c(C#N)c(-c2ccccc2)c(-n2c3ccc(C)cc3c3cc(C)ccc32)c1-n1c2ccc(-c3ccccc3)cc2c2cc(-c3ccccc3)ccc21. The maximum Gasteiger partial charge on any atom is 0.101 e. The second-order valence-corrected chi connectivity index (χ2v) is 20.3. The van der Waals surface area contributed by atoms with Gasteiger partial charge >= 0.3 is 0 Å². The Morgan fingerprint density at radius 1 is 0.267 bits per heavy atom. The lowest BCUT2D eigenvalue weighted by molar-refractivity contribution is 1.05. The van der Waals surface area contributed by atoms with Crippen molar-refractivity contribution in [2.75, 3.05) is 0 Å². The largest absolute Gasteiger partial charge is 0.306 e. The maximum absolute atomic E-state index is 12.3. The van der Waals surface area contributed by atoms with Crippen molar-refractivity contribution in [1.82, 2.24) is 13.7 Å². The van der Waals surface area contributed by atoms with Gasteiger partial charge in [-0.25, -0.2) is 0 Å². The van der Waals surface area contributed by atoms with Crippen molar-refractivity contribution < 1.29 is 0 Å². The molecule has 0 fully saturated rings. The smallest absolute Gasteiger partial charge is 0.101 e. The first-order valence-corrected chi connectivity index (χ1v) is 25.8. The molecule has 0 radical (unpaired) electrons. The molecular weight excluding hydrogens is 909 g/mol. The van der Waals surface area contributed by atoms with Crippen molar-refractivity contribution >= 4 is 65.4 Å². The number of benzene rings is 11. The van der Waals surface area contributed by atoms with Gasteiger partial charge in [-0.3, -0.25) is 0 Å². The van der Waals surface area contributed by atoms with Crippen molar-refractivity contribution in [3.05, 3.63) is 258 Å². The van der Waals surface area contributed by atoms with Gasteiger partial charge in [0.1, 0.15) is 6.07 Å². The molecule has 4 nitrogen and oxygen atoms in total. The quantitative estimate of drug-likeness (QED) is 0.157. The number of nitrogens with zero attached hydrogens (tertiary/aromatic N) is 4. The fourth-order valence-corrected chi connectivity index (χ4v) is 12.1. The van der Waals surface area contributed by atoms with E-state index < -0.39 is 0 Å². The van der Waals surface area contributed by atoms with Gasteiger partial charge in [-0.05, 0) is 134 Å². The van der Waals surface area contributed by atoms with E-state index in [1.54, 1.807) is 0 Å². The van der Waals surface area contributed by atoms with E-state index in [4.69, 9.17) is 0 Å². The van der Waals surface area contributed by atoms with Crippen LogP contribution in [0.4, 0.5) is 0 Å². The molecule has 354 valence electrons. The fraction of sp³-hybridized carbons (Fsp3) is 0.0563.